The Balaban J connectivity index is 1.59. The van der Waals surface area contributed by atoms with Gasteiger partial charge in [0.1, 0.15) is 11.5 Å². The lowest BCUT2D eigenvalue weighted by Gasteiger charge is -2.13. The van der Waals surface area contributed by atoms with Crippen LogP contribution in [0.3, 0.4) is 0 Å². The zero-order valence-electron chi connectivity index (χ0n) is 14.1. The van der Waals surface area contributed by atoms with Gasteiger partial charge in [0.25, 0.3) is 0 Å². The van der Waals surface area contributed by atoms with Gasteiger partial charge in [-0.05, 0) is 70.2 Å². The highest BCUT2D eigenvalue weighted by Crippen LogP contribution is 2.44. The molecule has 2 N–H and O–H groups in total. The molecule has 0 fully saturated rings. The maximum atomic E-state index is 12.8. The number of aromatic nitrogens is 1. The fraction of sp³-hybridized carbons (Fsp3) is 0.211. The Kier molecular flexibility index (Phi) is 4.75. The Morgan fingerprint density at radius 2 is 2.00 bits per heavy atom. The monoisotopic (exact) mass is 471 g/mol. The van der Waals surface area contributed by atoms with E-state index in [1.54, 1.807) is 6.07 Å². The summed E-state index contributed by atoms with van der Waals surface area (Å²) in [6, 6.07) is 8.66. The van der Waals surface area contributed by atoms with E-state index in [0.29, 0.717) is 10.6 Å². The Morgan fingerprint density at radius 3 is 2.64 bits per heavy atom. The zero-order valence-corrected chi connectivity index (χ0v) is 16.5. The molecule has 146 valence electrons. The van der Waals surface area contributed by atoms with Gasteiger partial charge in [-0.2, -0.15) is 13.2 Å². The summed E-state index contributed by atoms with van der Waals surface area (Å²) in [5, 5.41) is 9.92. The third kappa shape index (κ3) is 3.56. The van der Waals surface area contributed by atoms with E-state index in [4.69, 9.17) is 4.74 Å². The summed E-state index contributed by atoms with van der Waals surface area (Å²) in [5.74, 6) is 0.628. The number of hydrogen-bond acceptors (Lipinski definition) is 4. The van der Waals surface area contributed by atoms with Crippen LogP contribution >= 0.6 is 27.3 Å². The molecule has 2 aromatic carbocycles. The number of hydrogen-bond donors (Lipinski definition) is 2. The van der Waals surface area contributed by atoms with E-state index in [0.717, 1.165) is 47.4 Å². The topological polar surface area (TPSA) is 62.3 Å². The van der Waals surface area contributed by atoms with Crippen molar-refractivity contribution < 1.29 is 23.0 Å². The number of aryl methyl sites for hydroxylation is 1. The van der Waals surface area contributed by atoms with Gasteiger partial charge >= 0.3 is 11.0 Å². The number of aromatic hydroxyl groups is 1. The van der Waals surface area contributed by atoms with Crippen molar-refractivity contribution in [2.45, 2.75) is 24.9 Å². The van der Waals surface area contributed by atoms with Crippen molar-refractivity contribution in [3.05, 3.63) is 72.1 Å². The Labute approximate surface area is 169 Å². The van der Waals surface area contributed by atoms with Crippen LogP contribution in [0.25, 0.3) is 0 Å². The molecule has 4 rings (SSSR count). The average Bonchev–Trinajstić information content (AvgIpc) is 3.17. The van der Waals surface area contributed by atoms with Crippen LogP contribution in [0.15, 0.2) is 45.7 Å². The van der Waals surface area contributed by atoms with E-state index < -0.39 is 11.7 Å². The highest BCUT2D eigenvalue weighted by atomic mass is 79.9. The van der Waals surface area contributed by atoms with Crippen molar-refractivity contribution in [1.29, 1.82) is 0 Å². The molecule has 0 radical (unpaired) electrons. The third-order valence-corrected chi connectivity index (χ3v) is 6.26. The molecule has 28 heavy (non-hydrogen) atoms. The standard InChI is InChI=1S/C19H13BrF3NO3S/c20-14-8-10(19(21,22)23)2-6-15(14)27-11-3-5-12-9(7-11)1-4-13(12)16-17(25)24-18(26)28-16/h2-3,5-8,13,25H,1,4H2,(H,24,26)/t13-/m1/s1. The lowest BCUT2D eigenvalue weighted by atomic mass is 10.00. The average molecular weight is 472 g/mol. The van der Waals surface area contributed by atoms with Crippen LogP contribution in [0.1, 0.15) is 33.9 Å². The van der Waals surface area contributed by atoms with E-state index in [-0.39, 0.29) is 26.9 Å². The van der Waals surface area contributed by atoms with Gasteiger partial charge in [0.05, 0.1) is 14.9 Å². The number of alkyl halides is 3. The first kappa shape index (κ1) is 19.1. The van der Waals surface area contributed by atoms with Crippen molar-refractivity contribution in [1.82, 2.24) is 4.98 Å². The van der Waals surface area contributed by atoms with Crippen molar-refractivity contribution in [2.75, 3.05) is 0 Å². The summed E-state index contributed by atoms with van der Waals surface area (Å²) in [6.45, 7) is 0. The summed E-state index contributed by atoms with van der Waals surface area (Å²) >= 11 is 4.12. The number of fused-ring (bicyclic) bond motifs is 1. The summed E-state index contributed by atoms with van der Waals surface area (Å²) in [5.41, 5.74) is 1.27. The fourth-order valence-electron chi connectivity index (χ4n) is 3.38. The lowest BCUT2D eigenvalue weighted by molar-refractivity contribution is -0.137. The van der Waals surface area contributed by atoms with Crippen LogP contribution in [0.4, 0.5) is 13.2 Å². The van der Waals surface area contributed by atoms with Gasteiger partial charge < -0.3 is 9.84 Å². The highest BCUT2D eigenvalue weighted by molar-refractivity contribution is 9.10. The number of thiazole rings is 1. The second kappa shape index (κ2) is 6.97. The van der Waals surface area contributed by atoms with Crippen LogP contribution < -0.4 is 9.61 Å². The Morgan fingerprint density at radius 1 is 1.21 bits per heavy atom. The van der Waals surface area contributed by atoms with Crippen LogP contribution in [0.2, 0.25) is 0 Å². The maximum Gasteiger partial charge on any atom is 0.416 e. The number of aromatic amines is 1. The van der Waals surface area contributed by atoms with Crippen LogP contribution in [-0.2, 0) is 12.6 Å². The minimum absolute atomic E-state index is 0.0641. The quantitative estimate of drug-likeness (QED) is 0.507. The highest BCUT2D eigenvalue weighted by Gasteiger charge is 2.31. The molecule has 0 saturated heterocycles. The first-order valence-corrected chi connectivity index (χ1v) is 9.92. The second-order valence-electron chi connectivity index (χ2n) is 6.42. The molecular formula is C19H13BrF3NO3S. The number of halogens is 4. The molecule has 0 unspecified atom stereocenters. The van der Waals surface area contributed by atoms with Gasteiger partial charge in [-0.1, -0.05) is 17.4 Å². The minimum atomic E-state index is -4.42. The number of H-pyrrole nitrogens is 1. The van der Waals surface area contributed by atoms with Crippen molar-refractivity contribution >= 4 is 27.3 Å². The number of benzene rings is 2. The molecular weight excluding hydrogens is 459 g/mol. The number of ether oxygens (including phenoxy) is 1. The number of rotatable bonds is 3. The third-order valence-electron chi connectivity index (χ3n) is 4.65. The zero-order chi connectivity index (χ0) is 20.1. The molecule has 3 aromatic rings. The summed E-state index contributed by atoms with van der Waals surface area (Å²) in [6.07, 6.45) is -2.92. The lowest BCUT2D eigenvalue weighted by Crippen LogP contribution is -2.04. The molecule has 1 atom stereocenters. The molecule has 4 nitrogen and oxygen atoms in total. The Hall–Kier alpha value is -2.26. The predicted octanol–water partition coefficient (Wildman–Crippen LogP) is 5.79. The molecule has 0 saturated carbocycles. The molecule has 1 heterocycles. The van der Waals surface area contributed by atoms with Crippen molar-refractivity contribution in [2.24, 2.45) is 0 Å². The van der Waals surface area contributed by atoms with Crippen molar-refractivity contribution in [3.8, 4) is 17.4 Å². The maximum absolute atomic E-state index is 12.8. The molecule has 0 amide bonds. The van der Waals surface area contributed by atoms with Gasteiger partial charge in [-0.15, -0.1) is 0 Å². The first-order valence-electron chi connectivity index (χ1n) is 8.32. The number of nitrogens with one attached hydrogen (secondary N) is 1. The molecule has 0 aliphatic heterocycles. The van der Waals surface area contributed by atoms with Crippen LogP contribution in [0, 0.1) is 0 Å². The molecule has 0 bridgehead atoms. The van der Waals surface area contributed by atoms with E-state index in [9.17, 15) is 23.1 Å². The normalized spacial score (nSPS) is 16.2. The van der Waals surface area contributed by atoms with Crippen LogP contribution in [0.5, 0.6) is 17.4 Å². The van der Waals surface area contributed by atoms with Gasteiger partial charge in [0.2, 0.25) is 5.88 Å². The molecule has 1 aliphatic carbocycles. The van der Waals surface area contributed by atoms with E-state index in [1.807, 2.05) is 12.1 Å². The van der Waals surface area contributed by atoms with Gasteiger partial charge in [0, 0.05) is 5.92 Å². The predicted molar refractivity (Wildman–Crippen MR) is 102 cm³/mol. The van der Waals surface area contributed by atoms with E-state index >= 15 is 0 Å². The summed E-state index contributed by atoms with van der Waals surface area (Å²) in [7, 11) is 0. The van der Waals surface area contributed by atoms with Crippen LogP contribution in [-0.4, -0.2) is 10.1 Å². The summed E-state index contributed by atoms with van der Waals surface area (Å²) in [4.78, 5) is 14.2. The largest absolute Gasteiger partial charge is 0.494 e. The molecule has 1 aliphatic rings. The first-order chi connectivity index (χ1) is 13.2. The fourth-order valence-corrected chi connectivity index (χ4v) is 4.73. The van der Waals surface area contributed by atoms with Gasteiger partial charge in [-0.3, -0.25) is 9.78 Å². The van der Waals surface area contributed by atoms with Gasteiger partial charge in [-0.25, -0.2) is 0 Å². The molecule has 0 spiro atoms. The SMILES string of the molecule is O=c1[nH]c(O)c([C@@H]2CCc3cc(Oc4ccc(C(F)(F)F)cc4Br)ccc32)s1. The smallest absolute Gasteiger partial charge is 0.416 e. The minimum Gasteiger partial charge on any atom is -0.494 e. The molecule has 1 aromatic heterocycles. The van der Waals surface area contributed by atoms with Gasteiger partial charge in [0.15, 0.2) is 0 Å². The van der Waals surface area contributed by atoms with E-state index in [1.165, 1.54) is 6.07 Å². The Bertz CT molecular complexity index is 1110. The second-order valence-corrected chi connectivity index (χ2v) is 8.29. The molecule has 9 heteroatoms. The van der Waals surface area contributed by atoms with E-state index in [2.05, 4.69) is 20.9 Å². The summed E-state index contributed by atoms with van der Waals surface area (Å²) < 4.78 is 44.3. The van der Waals surface area contributed by atoms with Crippen molar-refractivity contribution in [3.63, 3.8) is 0 Å².